The molecule has 1 fully saturated rings. The van der Waals surface area contributed by atoms with Crippen LogP contribution in [0.5, 0.6) is 0 Å². The van der Waals surface area contributed by atoms with Gasteiger partial charge in [-0.3, -0.25) is 24.8 Å². The summed E-state index contributed by atoms with van der Waals surface area (Å²) in [4.78, 5) is 33.8. The number of hydrogen-bond donors (Lipinski definition) is 3. The molecule has 2 rings (SSSR count). The molecular formula is C9H10N4O3. The fourth-order valence-electron chi connectivity index (χ4n) is 1.45. The first-order valence-corrected chi connectivity index (χ1v) is 4.80. The Morgan fingerprint density at radius 3 is 2.94 bits per heavy atom. The van der Waals surface area contributed by atoms with E-state index >= 15 is 0 Å². The Kier molecular flexibility index (Phi) is 2.67. The molecule has 3 amide bonds. The van der Waals surface area contributed by atoms with Crippen molar-refractivity contribution in [1.82, 2.24) is 20.8 Å². The molecule has 16 heavy (non-hydrogen) atoms. The van der Waals surface area contributed by atoms with Crippen LogP contribution in [0.4, 0.5) is 0 Å². The van der Waals surface area contributed by atoms with Gasteiger partial charge in [0.2, 0.25) is 11.8 Å². The van der Waals surface area contributed by atoms with Crippen LogP contribution in [0.3, 0.4) is 0 Å². The zero-order valence-corrected chi connectivity index (χ0v) is 8.32. The van der Waals surface area contributed by atoms with Crippen LogP contribution in [-0.2, 0) is 9.59 Å². The molecule has 3 N–H and O–H groups in total. The zero-order valence-electron chi connectivity index (χ0n) is 8.32. The maximum absolute atomic E-state index is 11.6. The first-order valence-electron chi connectivity index (χ1n) is 4.80. The predicted octanol–water partition coefficient (Wildman–Crippen LogP) is -1.06. The Balaban J connectivity index is 1.97. The predicted molar refractivity (Wildman–Crippen MR) is 52.2 cm³/mol. The molecular weight excluding hydrogens is 212 g/mol. The second kappa shape index (κ2) is 4.13. The molecule has 84 valence electrons. The number of carbonyl (C=O) groups excluding carboxylic acids is 3. The molecule has 1 atom stereocenters. The fourth-order valence-corrected chi connectivity index (χ4v) is 1.45. The number of hydrogen-bond acceptors (Lipinski definition) is 4. The van der Waals surface area contributed by atoms with Crippen LogP contribution in [0.2, 0.25) is 0 Å². The van der Waals surface area contributed by atoms with Gasteiger partial charge in [0.15, 0.2) is 0 Å². The second-order valence-electron chi connectivity index (χ2n) is 3.46. The topological polar surface area (TPSA) is 104 Å². The van der Waals surface area contributed by atoms with Crippen LogP contribution in [0.15, 0.2) is 12.4 Å². The summed E-state index contributed by atoms with van der Waals surface area (Å²) < 4.78 is 0. The third-order valence-corrected chi connectivity index (χ3v) is 2.30. The number of nitrogens with zero attached hydrogens (tertiary/aromatic N) is 1. The average molecular weight is 222 g/mol. The molecule has 1 aliphatic heterocycles. The highest BCUT2D eigenvalue weighted by molar-refractivity contribution is 6.03. The van der Waals surface area contributed by atoms with E-state index in [-0.39, 0.29) is 18.2 Å². The van der Waals surface area contributed by atoms with Crippen molar-refractivity contribution in [2.24, 2.45) is 0 Å². The van der Waals surface area contributed by atoms with Gasteiger partial charge >= 0.3 is 0 Å². The molecule has 7 heteroatoms. The number of aromatic amines is 1. The highest BCUT2D eigenvalue weighted by Crippen LogP contribution is 2.05. The van der Waals surface area contributed by atoms with Gasteiger partial charge in [-0.15, -0.1) is 0 Å². The number of carbonyl (C=O) groups is 3. The summed E-state index contributed by atoms with van der Waals surface area (Å²) in [5.74, 6) is -1.16. The smallest absolute Gasteiger partial charge is 0.255 e. The van der Waals surface area contributed by atoms with E-state index < -0.39 is 11.9 Å². The van der Waals surface area contributed by atoms with E-state index in [1.807, 2.05) is 0 Å². The molecule has 0 saturated carbocycles. The van der Waals surface area contributed by atoms with Crippen molar-refractivity contribution in [1.29, 1.82) is 0 Å². The molecule has 0 aliphatic carbocycles. The largest absolute Gasteiger partial charge is 0.340 e. The Bertz CT molecular complexity index is 426. The molecule has 1 unspecified atom stereocenters. The summed E-state index contributed by atoms with van der Waals surface area (Å²) >= 11 is 0. The third-order valence-electron chi connectivity index (χ3n) is 2.30. The number of amides is 3. The summed E-state index contributed by atoms with van der Waals surface area (Å²) in [7, 11) is 0. The third kappa shape index (κ3) is 2.08. The van der Waals surface area contributed by atoms with Gasteiger partial charge in [-0.25, -0.2) is 0 Å². The van der Waals surface area contributed by atoms with E-state index in [0.717, 1.165) is 0 Å². The van der Waals surface area contributed by atoms with Crippen molar-refractivity contribution in [3.8, 4) is 0 Å². The summed E-state index contributed by atoms with van der Waals surface area (Å²) in [5.41, 5.74) is 0.352. The number of nitrogens with one attached hydrogen (secondary N) is 3. The Morgan fingerprint density at radius 2 is 2.31 bits per heavy atom. The quantitative estimate of drug-likeness (QED) is 0.555. The Morgan fingerprint density at radius 1 is 1.50 bits per heavy atom. The van der Waals surface area contributed by atoms with Gasteiger partial charge in [0, 0.05) is 12.6 Å². The molecule has 0 radical (unpaired) electrons. The standard InChI is InChI=1S/C9H10N4O3/c14-7-2-1-6(9(16)13-7)12-8(15)5-3-10-11-4-5/h3-4,6H,1-2H2,(H,10,11)(H,12,15)(H,13,14,16). The average Bonchev–Trinajstić information content (AvgIpc) is 2.75. The van der Waals surface area contributed by atoms with E-state index in [9.17, 15) is 14.4 Å². The lowest BCUT2D eigenvalue weighted by Crippen LogP contribution is -2.52. The van der Waals surface area contributed by atoms with E-state index in [0.29, 0.717) is 12.0 Å². The molecule has 1 aromatic heterocycles. The lowest BCUT2D eigenvalue weighted by Gasteiger charge is -2.21. The molecule has 0 aromatic carbocycles. The molecule has 0 bridgehead atoms. The van der Waals surface area contributed by atoms with Gasteiger partial charge in [0.25, 0.3) is 5.91 Å². The maximum atomic E-state index is 11.6. The van der Waals surface area contributed by atoms with Gasteiger partial charge in [0.1, 0.15) is 6.04 Å². The summed E-state index contributed by atoms with van der Waals surface area (Å²) in [6.45, 7) is 0. The monoisotopic (exact) mass is 222 g/mol. The fraction of sp³-hybridized carbons (Fsp3) is 0.333. The molecule has 2 heterocycles. The Labute approximate surface area is 90.6 Å². The van der Waals surface area contributed by atoms with Gasteiger partial charge in [-0.05, 0) is 6.42 Å². The van der Waals surface area contributed by atoms with Gasteiger partial charge < -0.3 is 5.32 Å². The van der Waals surface area contributed by atoms with Crippen molar-refractivity contribution in [2.75, 3.05) is 0 Å². The van der Waals surface area contributed by atoms with E-state index in [2.05, 4.69) is 20.8 Å². The first kappa shape index (κ1) is 10.3. The Hall–Kier alpha value is -2.18. The maximum Gasteiger partial charge on any atom is 0.255 e. The molecule has 1 saturated heterocycles. The van der Waals surface area contributed by atoms with Gasteiger partial charge in [-0.2, -0.15) is 5.10 Å². The summed E-state index contributed by atoms with van der Waals surface area (Å²) in [6, 6.07) is -0.653. The minimum absolute atomic E-state index is 0.238. The minimum Gasteiger partial charge on any atom is -0.340 e. The first-order chi connectivity index (χ1) is 7.66. The van der Waals surface area contributed by atoms with E-state index in [1.165, 1.54) is 12.4 Å². The van der Waals surface area contributed by atoms with Crippen molar-refractivity contribution >= 4 is 17.7 Å². The molecule has 1 aromatic rings. The molecule has 0 spiro atoms. The normalized spacial score (nSPS) is 20.4. The van der Waals surface area contributed by atoms with Crippen molar-refractivity contribution < 1.29 is 14.4 Å². The van der Waals surface area contributed by atoms with Crippen LogP contribution >= 0.6 is 0 Å². The number of aromatic nitrogens is 2. The molecule has 7 nitrogen and oxygen atoms in total. The number of piperidine rings is 1. The van der Waals surface area contributed by atoms with Gasteiger partial charge in [0.05, 0.1) is 11.8 Å². The summed E-state index contributed by atoms with van der Waals surface area (Å²) in [6.07, 6.45) is 3.36. The van der Waals surface area contributed by atoms with E-state index in [4.69, 9.17) is 0 Å². The lowest BCUT2D eigenvalue weighted by molar-refractivity contribution is -0.134. The van der Waals surface area contributed by atoms with E-state index in [1.54, 1.807) is 0 Å². The highest BCUT2D eigenvalue weighted by Gasteiger charge is 2.28. The van der Waals surface area contributed by atoms with Gasteiger partial charge in [-0.1, -0.05) is 0 Å². The lowest BCUT2D eigenvalue weighted by atomic mass is 10.1. The van der Waals surface area contributed by atoms with Crippen LogP contribution in [0.1, 0.15) is 23.2 Å². The highest BCUT2D eigenvalue weighted by atomic mass is 16.2. The molecule has 1 aliphatic rings. The van der Waals surface area contributed by atoms with Crippen molar-refractivity contribution in [3.63, 3.8) is 0 Å². The SMILES string of the molecule is O=C1CCC(NC(=O)c2cn[nH]c2)C(=O)N1. The number of rotatable bonds is 2. The van der Waals surface area contributed by atoms with Crippen LogP contribution < -0.4 is 10.6 Å². The van der Waals surface area contributed by atoms with Crippen molar-refractivity contribution in [3.05, 3.63) is 18.0 Å². The minimum atomic E-state index is -0.653. The number of H-pyrrole nitrogens is 1. The zero-order chi connectivity index (χ0) is 11.5. The van der Waals surface area contributed by atoms with Crippen LogP contribution in [0.25, 0.3) is 0 Å². The summed E-state index contributed by atoms with van der Waals surface area (Å²) in [5, 5.41) is 10.8. The van der Waals surface area contributed by atoms with Crippen LogP contribution in [0, 0.1) is 0 Å². The van der Waals surface area contributed by atoms with Crippen LogP contribution in [-0.4, -0.2) is 34.0 Å². The second-order valence-corrected chi connectivity index (χ2v) is 3.46. The number of imide groups is 1. The van der Waals surface area contributed by atoms with Crippen molar-refractivity contribution in [2.45, 2.75) is 18.9 Å².